The number of hydrogen-bond donors (Lipinski definition) is 1. The number of anilines is 1. The molecule has 2 aromatic rings. The lowest BCUT2D eigenvalue weighted by Gasteiger charge is -2.17. The summed E-state index contributed by atoms with van der Waals surface area (Å²) in [6, 6.07) is 6.48. The maximum absolute atomic E-state index is 12.0. The van der Waals surface area contributed by atoms with Crippen LogP contribution in [0.5, 0.6) is 5.75 Å². The van der Waals surface area contributed by atoms with Gasteiger partial charge in [0.05, 0.1) is 11.5 Å². The highest BCUT2D eigenvalue weighted by Gasteiger charge is 2.22. The molecule has 0 saturated heterocycles. The Morgan fingerprint density at radius 1 is 1.23 bits per heavy atom. The number of hydrogen-bond acceptors (Lipinski definition) is 5. The molecule has 0 radical (unpaired) electrons. The molecular weight excluding hydrogens is 352 g/mol. The summed E-state index contributed by atoms with van der Waals surface area (Å²) < 4.78 is 31.2. The summed E-state index contributed by atoms with van der Waals surface area (Å²) in [7, 11) is -1.68. The molecule has 1 N–H and O–H groups in total. The Morgan fingerprint density at radius 2 is 1.96 bits per heavy atom. The van der Waals surface area contributed by atoms with E-state index in [4.69, 9.17) is 4.74 Å². The molecule has 0 amide bonds. The molecule has 0 spiro atoms. The summed E-state index contributed by atoms with van der Waals surface area (Å²) in [5.74, 6) is 1.12. The first-order valence-corrected chi connectivity index (χ1v) is 10.6. The van der Waals surface area contributed by atoms with Gasteiger partial charge in [-0.15, -0.1) is 0 Å². The van der Waals surface area contributed by atoms with Crippen molar-refractivity contribution in [2.45, 2.75) is 24.7 Å². The minimum atomic E-state index is -3.35. The number of benzene rings is 1. The first-order valence-electron chi connectivity index (χ1n) is 8.71. The van der Waals surface area contributed by atoms with E-state index >= 15 is 0 Å². The highest BCUT2D eigenvalue weighted by Crippen LogP contribution is 2.37. The molecule has 140 valence electrons. The molecule has 1 aliphatic carbocycles. The second kappa shape index (κ2) is 7.15. The summed E-state index contributed by atoms with van der Waals surface area (Å²) >= 11 is 0. The zero-order valence-corrected chi connectivity index (χ0v) is 16.1. The topological polar surface area (TPSA) is 77.4 Å². The first kappa shape index (κ1) is 18.5. The lowest BCUT2D eigenvalue weighted by molar-refractivity contribution is 0.340. The Hall–Kier alpha value is -2.28. The Morgan fingerprint density at radius 3 is 2.58 bits per heavy atom. The third kappa shape index (κ3) is 4.09. The van der Waals surface area contributed by atoms with E-state index in [1.807, 2.05) is 6.92 Å². The van der Waals surface area contributed by atoms with Crippen molar-refractivity contribution in [2.24, 2.45) is 13.0 Å². The maximum atomic E-state index is 12.0. The number of nitrogens with one attached hydrogen (secondary N) is 1. The van der Waals surface area contributed by atoms with E-state index in [1.165, 1.54) is 29.7 Å². The fourth-order valence-electron chi connectivity index (χ4n) is 2.80. The van der Waals surface area contributed by atoms with Crippen LogP contribution in [0.1, 0.15) is 19.8 Å². The molecule has 26 heavy (non-hydrogen) atoms. The number of sulfone groups is 1. The van der Waals surface area contributed by atoms with E-state index in [2.05, 4.69) is 5.32 Å². The molecule has 1 heterocycles. The van der Waals surface area contributed by atoms with Crippen molar-refractivity contribution in [3.05, 3.63) is 40.8 Å². The summed E-state index contributed by atoms with van der Waals surface area (Å²) in [4.78, 5) is 12.2. The minimum absolute atomic E-state index is 0.177. The normalized spacial score (nSPS) is 14.3. The maximum Gasteiger partial charge on any atom is 0.254 e. The van der Waals surface area contributed by atoms with E-state index in [1.54, 1.807) is 31.4 Å². The van der Waals surface area contributed by atoms with Crippen molar-refractivity contribution < 1.29 is 13.2 Å². The molecule has 0 atom stereocenters. The van der Waals surface area contributed by atoms with Gasteiger partial charge in [0.2, 0.25) is 0 Å². The molecule has 0 aliphatic heterocycles. The molecule has 0 unspecified atom stereocenters. The predicted octanol–water partition coefficient (Wildman–Crippen LogP) is 2.68. The molecule has 1 aliphatic rings. The van der Waals surface area contributed by atoms with Gasteiger partial charge in [0, 0.05) is 48.9 Å². The lowest BCUT2D eigenvalue weighted by Crippen LogP contribution is -2.16. The second-order valence-corrected chi connectivity index (χ2v) is 8.75. The van der Waals surface area contributed by atoms with Gasteiger partial charge >= 0.3 is 0 Å². The van der Waals surface area contributed by atoms with Crippen LogP contribution in [-0.4, -0.2) is 32.4 Å². The fourth-order valence-corrected chi connectivity index (χ4v) is 3.44. The average molecular weight is 376 g/mol. The van der Waals surface area contributed by atoms with Crippen LogP contribution in [0.15, 0.2) is 40.2 Å². The van der Waals surface area contributed by atoms with Crippen LogP contribution in [0.3, 0.4) is 0 Å². The van der Waals surface area contributed by atoms with Crippen molar-refractivity contribution in [1.29, 1.82) is 0 Å². The molecule has 0 bridgehead atoms. The molecule has 6 nitrogen and oxygen atoms in total. The number of aromatic nitrogens is 1. The van der Waals surface area contributed by atoms with Crippen LogP contribution in [-0.2, 0) is 16.9 Å². The number of ether oxygens (including phenoxy) is 1. The average Bonchev–Trinajstić information content (AvgIpc) is 3.40. The Kier molecular flexibility index (Phi) is 5.09. The van der Waals surface area contributed by atoms with Gasteiger partial charge in [0.25, 0.3) is 5.56 Å². The Bertz CT molecular complexity index is 976. The Labute approximate surface area is 153 Å². The summed E-state index contributed by atoms with van der Waals surface area (Å²) in [6.45, 7) is 3.11. The molecule has 1 saturated carbocycles. The van der Waals surface area contributed by atoms with Crippen molar-refractivity contribution in [1.82, 2.24) is 4.57 Å². The van der Waals surface area contributed by atoms with Gasteiger partial charge in [-0.25, -0.2) is 8.42 Å². The molecule has 3 rings (SSSR count). The van der Waals surface area contributed by atoms with Gasteiger partial charge in [0.1, 0.15) is 5.75 Å². The number of aryl methyl sites for hydroxylation is 1. The Balaban J connectivity index is 2.16. The minimum Gasteiger partial charge on any atom is -0.493 e. The summed E-state index contributed by atoms with van der Waals surface area (Å²) in [5, 5.41) is 3.42. The van der Waals surface area contributed by atoms with Crippen LogP contribution in [0.4, 0.5) is 5.69 Å². The fraction of sp³-hybridized carbons (Fsp3) is 0.421. The zero-order valence-electron chi connectivity index (χ0n) is 15.3. The van der Waals surface area contributed by atoms with E-state index < -0.39 is 9.84 Å². The van der Waals surface area contributed by atoms with Crippen LogP contribution < -0.4 is 15.6 Å². The van der Waals surface area contributed by atoms with E-state index in [0.717, 1.165) is 12.2 Å². The molecule has 1 aromatic heterocycles. The van der Waals surface area contributed by atoms with Gasteiger partial charge in [-0.3, -0.25) is 4.79 Å². The largest absolute Gasteiger partial charge is 0.493 e. The number of rotatable bonds is 7. The quantitative estimate of drug-likeness (QED) is 0.804. The summed E-state index contributed by atoms with van der Waals surface area (Å²) in [5.41, 5.74) is 2.07. The van der Waals surface area contributed by atoms with Gasteiger partial charge in [-0.05, 0) is 43.9 Å². The van der Waals surface area contributed by atoms with E-state index in [-0.39, 0.29) is 10.5 Å². The molecule has 1 fully saturated rings. The van der Waals surface area contributed by atoms with E-state index in [0.29, 0.717) is 29.4 Å². The smallest absolute Gasteiger partial charge is 0.254 e. The zero-order chi connectivity index (χ0) is 18.9. The third-order valence-electron chi connectivity index (χ3n) is 4.48. The number of pyridine rings is 1. The second-order valence-electron chi connectivity index (χ2n) is 6.74. The van der Waals surface area contributed by atoms with Crippen LogP contribution in [0.25, 0.3) is 11.1 Å². The lowest BCUT2D eigenvalue weighted by atomic mass is 10.0. The van der Waals surface area contributed by atoms with Gasteiger partial charge in [-0.2, -0.15) is 0 Å². The highest BCUT2D eigenvalue weighted by molar-refractivity contribution is 7.90. The van der Waals surface area contributed by atoms with Gasteiger partial charge < -0.3 is 14.6 Å². The SMILES string of the molecule is CCOc1cc(=O)n(C)cc1-c1cc(S(C)(=O)=O)ccc1NCC1CC1. The molecule has 1 aromatic carbocycles. The molecular formula is C19H24N2O4S. The van der Waals surface area contributed by atoms with Crippen molar-refractivity contribution in [3.8, 4) is 16.9 Å². The van der Waals surface area contributed by atoms with Gasteiger partial charge in [-0.1, -0.05) is 0 Å². The first-order chi connectivity index (χ1) is 12.3. The van der Waals surface area contributed by atoms with Crippen LogP contribution >= 0.6 is 0 Å². The third-order valence-corrected chi connectivity index (χ3v) is 5.59. The number of nitrogens with zero attached hydrogens (tertiary/aromatic N) is 1. The van der Waals surface area contributed by atoms with Crippen molar-refractivity contribution >= 4 is 15.5 Å². The van der Waals surface area contributed by atoms with Crippen LogP contribution in [0, 0.1) is 5.92 Å². The van der Waals surface area contributed by atoms with E-state index in [9.17, 15) is 13.2 Å². The predicted molar refractivity (Wildman–Crippen MR) is 103 cm³/mol. The van der Waals surface area contributed by atoms with Crippen molar-refractivity contribution in [2.75, 3.05) is 24.7 Å². The monoisotopic (exact) mass is 376 g/mol. The van der Waals surface area contributed by atoms with Gasteiger partial charge in [0.15, 0.2) is 9.84 Å². The standard InChI is InChI=1S/C19H24N2O4S/c1-4-25-18-10-19(22)21(2)12-16(18)15-9-14(26(3,23)24)7-8-17(15)20-11-13-5-6-13/h7-10,12-13,20H,4-6,11H2,1-3H3. The summed E-state index contributed by atoms with van der Waals surface area (Å²) in [6.07, 6.45) is 5.31. The molecule has 7 heteroatoms. The highest BCUT2D eigenvalue weighted by atomic mass is 32.2. The van der Waals surface area contributed by atoms with Crippen LogP contribution in [0.2, 0.25) is 0 Å². The van der Waals surface area contributed by atoms with Crippen molar-refractivity contribution in [3.63, 3.8) is 0 Å².